The van der Waals surface area contributed by atoms with Crippen LogP contribution in [0.5, 0.6) is 0 Å². The highest BCUT2D eigenvalue weighted by molar-refractivity contribution is 7.99. The molecule has 0 unspecified atom stereocenters. The summed E-state index contributed by atoms with van der Waals surface area (Å²) < 4.78 is 0. The second kappa shape index (κ2) is 5.10. The van der Waals surface area contributed by atoms with Crippen molar-refractivity contribution in [1.29, 1.82) is 0 Å². The van der Waals surface area contributed by atoms with E-state index in [4.69, 9.17) is 10.8 Å². The Hall–Kier alpha value is -2.01. The highest BCUT2D eigenvalue weighted by atomic mass is 32.2. The van der Waals surface area contributed by atoms with Gasteiger partial charge in [-0.1, -0.05) is 17.8 Å². The van der Waals surface area contributed by atoms with Crippen molar-refractivity contribution in [3.63, 3.8) is 0 Å². The van der Waals surface area contributed by atoms with E-state index in [9.17, 15) is 4.79 Å². The van der Waals surface area contributed by atoms with Gasteiger partial charge < -0.3 is 10.8 Å². The molecular weight excluding hydrogens is 248 g/mol. The molecule has 3 N–H and O–H groups in total. The Kier molecular flexibility index (Phi) is 3.53. The van der Waals surface area contributed by atoms with Gasteiger partial charge in [-0.3, -0.25) is 0 Å². The number of nitrogen functional groups attached to an aromatic ring is 1. The third-order valence-corrected chi connectivity index (χ3v) is 3.37. The van der Waals surface area contributed by atoms with Gasteiger partial charge in [0.1, 0.15) is 5.03 Å². The molecule has 0 radical (unpaired) electrons. The van der Waals surface area contributed by atoms with E-state index < -0.39 is 5.97 Å². The molecule has 4 nitrogen and oxygen atoms in total. The third-order valence-electron chi connectivity index (χ3n) is 2.45. The molecule has 18 heavy (non-hydrogen) atoms. The number of hydrogen-bond donors (Lipinski definition) is 2. The van der Waals surface area contributed by atoms with Crippen molar-refractivity contribution in [2.75, 3.05) is 5.73 Å². The quantitative estimate of drug-likeness (QED) is 0.830. The normalized spacial score (nSPS) is 10.3. The third kappa shape index (κ3) is 2.62. The number of aryl methyl sites for hydroxylation is 1. The predicted octanol–water partition coefficient (Wildman–Crippen LogP) is 2.82. The zero-order valence-corrected chi connectivity index (χ0v) is 10.6. The van der Waals surface area contributed by atoms with Gasteiger partial charge in [-0.15, -0.1) is 0 Å². The minimum atomic E-state index is -1.01. The van der Waals surface area contributed by atoms with Crippen molar-refractivity contribution in [3.8, 4) is 0 Å². The van der Waals surface area contributed by atoms with Gasteiger partial charge in [-0.05, 0) is 36.8 Å². The summed E-state index contributed by atoms with van der Waals surface area (Å²) >= 11 is 1.41. The number of benzene rings is 1. The first-order chi connectivity index (χ1) is 8.58. The van der Waals surface area contributed by atoms with Crippen molar-refractivity contribution >= 4 is 23.4 Å². The van der Waals surface area contributed by atoms with E-state index >= 15 is 0 Å². The average molecular weight is 260 g/mol. The Morgan fingerprint density at radius 1 is 1.39 bits per heavy atom. The molecule has 92 valence electrons. The molecule has 2 aromatic rings. The number of carbonyl (C=O) groups is 1. The summed E-state index contributed by atoms with van der Waals surface area (Å²) in [6, 6.07) is 9.03. The van der Waals surface area contributed by atoms with Crippen molar-refractivity contribution in [1.82, 2.24) is 4.98 Å². The van der Waals surface area contributed by atoms with Gasteiger partial charge in [-0.2, -0.15) is 0 Å². The van der Waals surface area contributed by atoms with E-state index in [0.29, 0.717) is 5.69 Å². The lowest BCUT2D eigenvalue weighted by atomic mass is 10.1. The molecule has 0 saturated heterocycles. The fraction of sp³-hybridized carbons (Fsp3) is 0.0769. The van der Waals surface area contributed by atoms with Gasteiger partial charge in [0.05, 0.1) is 5.56 Å². The van der Waals surface area contributed by atoms with Gasteiger partial charge >= 0.3 is 5.97 Å². The van der Waals surface area contributed by atoms with Crippen molar-refractivity contribution in [2.24, 2.45) is 0 Å². The van der Waals surface area contributed by atoms with Gasteiger partial charge in [0, 0.05) is 16.8 Å². The molecule has 2 rings (SSSR count). The first-order valence-corrected chi connectivity index (χ1v) is 6.12. The van der Waals surface area contributed by atoms with E-state index in [1.165, 1.54) is 11.8 Å². The predicted molar refractivity (Wildman–Crippen MR) is 70.9 cm³/mol. The fourth-order valence-corrected chi connectivity index (χ4v) is 2.44. The largest absolute Gasteiger partial charge is 0.478 e. The number of aromatic carboxylic acids is 1. The van der Waals surface area contributed by atoms with Crippen molar-refractivity contribution in [2.45, 2.75) is 16.8 Å². The molecule has 1 heterocycles. The Morgan fingerprint density at radius 2 is 2.17 bits per heavy atom. The number of anilines is 1. The molecule has 5 heteroatoms. The minimum Gasteiger partial charge on any atom is -0.478 e. The van der Waals surface area contributed by atoms with Gasteiger partial charge in [0.15, 0.2) is 0 Å². The maximum Gasteiger partial charge on any atom is 0.337 e. The SMILES string of the molecule is Cc1cc(Sc2ccccn2)cc(C(=O)O)c1N. The van der Waals surface area contributed by atoms with Crippen LogP contribution in [0, 0.1) is 6.92 Å². The summed E-state index contributed by atoms with van der Waals surface area (Å²) in [4.78, 5) is 16.1. The second-order valence-corrected chi connectivity index (χ2v) is 4.87. The number of nitrogens with zero attached hydrogens (tertiary/aromatic N) is 1. The van der Waals surface area contributed by atoms with Crippen LogP contribution in [0.1, 0.15) is 15.9 Å². The molecule has 0 aliphatic rings. The lowest BCUT2D eigenvalue weighted by molar-refractivity contribution is 0.0697. The summed E-state index contributed by atoms with van der Waals surface area (Å²) in [5.74, 6) is -1.01. The molecule has 0 spiro atoms. The molecular formula is C13H12N2O2S. The first kappa shape index (κ1) is 12.4. The lowest BCUT2D eigenvalue weighted by Crippen LogP contribution is -2.04. The zero-order chi connectivity index (χ0) is 13.1. The standard InChI is InChI=1S/C13H12N2O2S/c1-8-6-9(7-10(12(8)14)13(16)17)18-11-4-2-3-5-15-11/h2-7H,14H2,1H3,(H,16,17). The summed E-state index contributed by atoms with van der Waals surface area (Å²) in [6.45, 7) is 1.80. The molecule has 0 atom stereocenters. The summed E-state index contributed by atoms with van der Waals surface area (Å²) in [7, 11) is 0. The highest BCUT2D eigenvalue weighted by Gasteiger charge is 2.12. The van der Waals surface area contributed by atoms with Crippen LogP contribution in [-0.4, -0.2) is 16.1 Å². The highest BCUT2D eigenvalue weighted by Crippen LogP contribution is 2.30. The maximum atomic E-state index is 11.1. The van der Waals surface area contributed by atoms with Crippen LogP contribution in [0.3, 0.4) is 0 Å². The van der Waals surface area contributed by atoms with Crippen LogP contribution in [0.4, 0.5) is 5.69 Å². The Balaban J connectivity index is 2.38. The monoisotopic (exact) mass is 260 g/mol. The van der Waals surface area contributed by atoms with Gasteiger partial charge in [-0.25, -0.2) is 9.78 Å². The van der Waals surface area contributed by atoms with Crippen LogP contribution >= 0.6 is 11.8 Å². The second-order valence-electron chi connectivity index (χ2n) is 3.78. The zero-order valence-electron chi connectivity index (χ0n) is 9.75. The van der Waals surface area contributed by atoms with Gasteiger partial charge in [0.25, 0.3) is 0 Å². The van der Waals surface area contributed by atoms with Crippen LogP contribution in [0.25, 0.3) is 0 Å². The number of carboxylic acid groups (broad SMARTS) is 1. The number of carboxylic acids is 1. The minimum absolute atomic E-state index is 0.133. The molecule has 1 aromatic carbocycles. The molecule has 0 saturated carbocycles. The van der Waals surface area contributed by atoms with Crippen LogP contribution in [0.15, 0.2) is 46.5 Å². The van der Waals surface area contributed by atoms with Crippen LogP contribution < -0.4 is 5.73 Å². The molecule has 0 bridgehead atoms. The Bertz CT molecular complexity index is 585. The topological polar surface area (TPSA) is 76.2 Å². The lowest BCUT2D eigenvalue weighted by Gasteiger charge is -2.08. The fourth-order valence-electron chi connectivity index (χ4n) is 1.53. The Morgan fingerprint density at radius 3 is 2.78 bits per heavy atom. The number of nitrogens with two attached hydrogens (primary N) is 1. The molecule has 0 amide bonds. The van der Waals surface area contributed by atoms with E-state index in [-0.39, 0.29) is 5.56 Å². The number of rotatable bonds is 3. The average Bonchev–Trinajstić information content (AvgIpc) is 2.34. The van der Waals surface area contributed by atoms with Gasteiger partial charge in [0.2, 0.25) is 0 Å². The number of aromatic nitrogens is 1. The molecule has 0 aliphatic carbocycles. The Labute approximate surface area is 109 Å². The summed E-state index contributed by atoms with van der Waals surface area (Å²) in [5.41, 5.74) is 6.94. The molecule has 0 aliphatic heterocycles. The smallest absolute Gasteiger partial charge is 0.337 e. The van der Waals surface area contributed by atoms with Crippen LogP contribution in [-0.2, 0) is 0 Å². The van der Waals surface area contributed by atoms with E-state index in [2.05, 4.69) is 4.98 Å². The molecule has 1 aromatic heterocycles. The first-order valence-electron chi connectivity index (χ1n) is 5.30. The number of pyridine rings is 1. The summed E-state index contributed by atoms with van der Waals surface area (Å²) in [5, 5.41) is 9.89. The van der Waals surface area contributed by atoms with Crippen LogP contribution in [0.2, 0.25) is 0 Å². The van der Waals surface area contributed by atoms with E-state index in [1.807, 2.05) is 24.3 Å². The molecule has 0 fully saturated rings. The van der Waals surface area contributed by atoms with Crippen molar-refractivity contribution in [3.05, 3.63) is 47.7 Å². The van der Waals surface area contributed by atoms with E-state index in [0.717, 1.165) is 15.5 Å². The summed E-state index contributed by atoms with van der Waals surface area (Å²) in [6.07, 6.45) is 1.70. The van der Waals surface area contributed by atoms with E-state index in [1.54, 1.807) is 19.2 Å². The number of hydrogen-bond acceptors (Lipinski definition) is 4. The maximum absolute atomic E-state index is 11.1. The van der Waals surface area contributed by atoms with Crippen molar-refractivity contribution < 1.29 is 9.90 Å².